The smallest absolute Gasteiger partial charge is 0.312 e. The van der Waals surface area contributed by atoms with Gasteiger partial charge < -0.3 is 14.9 Å². The molecule has 0 atom stereocenters. The van der Waals surface area contributed by atoms with E-state index in [0.29, 0.717) is 0 Å². The molecule has 2 aromatic rings. The van der Waals surface area contributed by atoms with Crippen LogP contribution in [0.25, 0.3) is 0 Å². The average molecular weight is 263 g/mol. The number of nitrogens with one attached hydrogen (secondary N) is 1. The number of hydrogen-bond acceptors (Lipinski definition) is 7. The minimum Gasteiger partial charge on any atom is -0.502 e. The predicted octanol–water partition coefficient (Wildman–Crippen LogP) is 1.41. The van der Waals surface area contributed by atoms with Gasteiger partial charge in [0, 0.05) is 12.1 Å². The molecule has 0 saturated heterocycles. The normalized spacial score (nSPS) is 10.2. The van der Waals surface area contributed by atoms with Crippen molar-refractivity contribution in [2.45, 2.75) is 0 Å². The van der Waals surface area contributed by atoms with Crippen LogP contribution in [0.5, 0.6) is 5.75 Å². The zero-order valence-electron chi connectivity index (χ0n) is 9.49. The molecule has 0 aliphatic rings. The second-order valence-corrected chi connectivity index (χ2v) is 3.59. The number of ketones is 1. The van der Waals surface area contributed by atoms with E-state index in [0.717, 1.165) is 12.1 Å². The first kappa shape index (κ1) is 12.6. The highest BCUT2D eigenvalue weighted by Gasteiger charge is 2.23. The van der Waals surface area contributed by atoms with Crippen LogP contribution in [0.15, 0.2) is 34.9 Å². The standard InChI is InChI=1S/C11H9N3O5/c12-13-7-5-8(14(17)18)9(15)4-6(7)11(16)10-2-1-3-19-10/h1-5,13,15H,12H2. The highest BCUT2D eigenvalue weighted by molar-refractivity contribution is 6.11. The number of furan rings is 1. The van der Waals surface area contributed by atoms with Gasteiger partial charge in [-0.3, -0.25) is 20.8 Å². The van der Waals surface area contributed by atoms with E-state index in [1.165, 1.54) is 18.4 Å². The third-order valence-electron chi connectivity index (χ3n) is 2.46. The first-order valence-corrected chi connectivity index (χ1v) is 5.11. The Bertz CT molecular complexity index is 636. The first-order chi connectivity index (χ1) is 9.04. The Morgan fingerprint density at radius 3 is 2.74 bits per heavy atom. The molecule has 19 heavy (non-hydrogen) atoms. The zero-order valence-corrected chi connectivity index (χ0v) is 9.49. The molecule has 1 aromatic heterocycles. The number of aromatic hydroxyl groups is 1. The highest BCUT2D eigenvalue weighted by Crippen LogP contribution is 2.33. The fourth-order valence-corrected chi connectivity index (χ4v) is 1.57. The minimum absolute atomic E-state index is 0.0194. The topological polar surface area (TPSA) is 132 Å². The van der Waals surface area contributed by atoms with Crippen molar-refractivity contribution in [1.29, 1.82) is 0 Å². The summed E-state index contributed by atoms with van der Waals surface area (Å²) in [6, 6.07) is 4.90. The largest absolute Gasteiger partial charge is 0.502 e. The summed E-state index contributed by atoms with van der Waals surface area (Å²) in [4.78, 5) is 21.9. The number of nitrogens with two attached hydrogens (primary N) is 1. The van der Waals surface area contributed by atoms with Gasteiger partial charge in [0.2, 0.25) is 5.78 Å². The van der Waals surface area contributed by atoms with E-state index in [-0.39, 0.29) is 17.0 Å². The summed E-state index contributed by atoms with van der Waals surface area (Å²) in [6.07, 6.45) is 1.31. The van der Waals surface area contributed by atoms with Crippen LogP contribution >= 0.6 is 0 Å². The van der Waals surface area contributed by atoms with E-state index in [9.17, 15) is 20.0 Å². The lowest BCUT2D eigenvalue weighted by atomic mass is 10.1. The summed E-state index contributed by atoms with van der Waals surface area (Å²) in [5, 5.41) is 20.2. The molecule has 4 N–H and O–H groups in total. The Kier molecular flexibility index (Phi) is 3.17. The number of carbonyl (C=O) groups excluding carboxylic acids is 1. The van der Waals surface area contributed by atoms with E-state index in [1.54, 1.807) is 0 Å². The Morgan fingerprint density at radius 1 is 1.47 bits per heavy atom. The lowest BCUT2D eigenvalue weighted by Gasteiger charge is -2.07. The number of hydrogen-bond donors (Lipinski definition) is 3. The van der Waals surface area contributed by atoms with Gasteiger partial charge in [0.1, 0.15) is 0 Å². The molecular formula is C11H9N3O5. The number of nitrogens with zero attached hydrogens (tertiary/aromatic N) is 1. The Balaban J connectivity index is 2.55. The van der Waals surface area contributed by atoms with Crippen molar-refractivity contribution in [2.24, 2.45) is 5.84 Å². The van der Waals surface area contributed by atoms with E-state index in [4.69, 9.17) is 10.3 Å². The van der Waals surface area contributed by atoms with E-state index >= 15 is 0 Å². The Labute approximate surface area is 106 Å². The molecule has 8 nitrogen and oxygen atoms in total. The third-order valence-corrected chi connectivity index (χ3v) is 2.46. The number of hydrazine groups is 1. The van der Waals surface area contributed by atoms with Crippen molar-refractivity contribution >= 4 is 17.2 Å². The van der Waals surface area contributed by atoms with Crippen LogP contribution in [-0.4, -0.2) is 15.8 Å². The maximum absolute atomic E-state index is 12.1. The van der Waals surface area contributed by atoms with Gasteiger partial charge in [0.25, 0.3) is 0 Å². The molecule has 0 saturated carbocycles. The number of benzene rings is 1. The van der Waals surface area contributed by atoms with Crippen LogP contribution in [0.3, 0.4) is 0 Å². The number of nitrogen functional groups attached to an aromatic ring is 1. The van der Waals surface area contributed by atoms with Gasteiger partial charge in [-0.2, -0.15) is 0 Å². The Hall–Kier alpha value is -2.87. The molecule has 0 radical (unpaired) electrons. The van der Waals surface area contributed by atoms with Crippen molar-refractivity contribution < 1.29 is 19.2 Å². The second-order valence-electron chi connectivity index (χ2n) is 3.59. The molecule has 2 rings (SSSR count). The lowest BCUT2D eigenvalue weighted by Crippen LogP contribution is -2.13. The first-order valence-electron chi connectivity index (χ1n) is 5.11. The predicted molar refractivity (Wildman–Crippen MR) is 64.7 cm³/mol. The summed E-state index contributed by atoms with van der Waals surface area (Å²) in [6.45, 7) is 0. The monoisotopic (exact) mass is 263 g/mol. The number of phenolic OH excluding ortho intramolecular Hbond substituents is 1. The molecule has 0 bridgehead atoms. The molecule has 1 heterocycles. The summed E-state index contributed by atoms with van der Waals surface area (Å²) in [5.41, 5.74) is 1.62. The Morgan fingerprint density at radius 2 is 2.21 bits per heavy atom. The van der Waals surface area contributed by atoms with Gasteiger partial charge in [-0.1, -0.05) is 0 Å². The van der Waals surface area contributed by atoms with Crippen molar-refractivity contribution in [3.8, 4) is 5.75 Å². The van der Waals surface area contributed by atoms with Crippen LogP contribution in [0.2, 0.25) is 0 Å². The number of anilines is 1. The van der Waals surface area contributed by atoms with Crippen LogP contribution in [0.4, 0.5) is 11.4 Å². The summed E-state index contributed by atoms with van der Waals surface area (Å²) in [5.74, 6) is 4.08. The van der Waals surface area contributed by atoms with Gasteiger partial charge in [-0.15, -0.1) is 0 Å². The summed E-state index contributed by atoms with van der Waals surface area (Å²) < 4.78 is 4.93. The maximum atomic E-state index is 12.1. The van der Waals surface area contributed by atoms with Crippen LogP contribution < -0.4 is 11.3 Å². The average Bonchev–Trinajstić information content (AvgIpc) is 2.91. The lowest BCUT2D eigenvalue weighted by molar-refractivity contribution is -0.385. The van der Waals surface area contributed by atoms with Gasteiger partial charge in [0.15, 0.2) is 11.5 Å². The molecule has 0 fully saturated rings. The van der Waals surface area contributed by atoms with E-state index < -0.39 is 22.1 Å². The summed E-state index contributed by atoms with van der Waals surface area (Å²) >= 11 is 0. The van der Waals surface area contributed by atoms with Crippen molar-refractivity contribution in [1.82, 2.24) is 0 Å². The number of carbonyl (C=O) groups is 1. The molecule has 0 aliphatic heterocycles. The third kappa shape index (κ3) is 2.24. The highest BCUT2D eigenvalue weighted by atomic mass is 16.6. The van der Waals surface area contributed by atoms with Gasteiger partial charge in [0.05, 0.1) is 22.4 Å². The zero-order chi connectivity index (χ0) is 14.0. The van der Waals surface area contributed by atoms with Crippen LogP contribution in [0.1, 0.15) is 16.1 Å². The van der Waals surface area contributed by atoms with Crippen LogP contribution in [0, 0.1) is 10.1 Å². The van der Waals surface area contributed by atoms with Crippen LogP contribution in [-0.2, 0) is 0 Å². The number of nitro groups is 1. The molecule has 0 unspecified atom stereocenters. The quantitative estimate of drug-likeness (QED) is 0.250. The van der Waals surface area contributed by atoms with Gasteiger partial charge in [-0.25, -0.2) is 0 Å². The second kappa shape index (κ2) is 4.78. The summed E-state index contributed by atoms with van der Waals surface area (Å²) in [7, 11) is 0. The van der Waals surface area contributed by atoms with Crippen molar-refractivity contribution in [3.05, 3.63) is 52.0 Å². The SMILES string of the molecule is NNc1cc([N+](=O)[O-])c(O)cc1C(=O)c1ccco1. The molecule has 0 amide bonds. The molecule has 0 spiro atoms. The fourth-order valence-electron chi connectivity index (χ4n) is 1.57. The van der Waals surface area contributed by atoms with Gasteiger partial charge in [-0.05, 0) is 12.1 Å². The fraction of sp³-hybridized carbons (Fsp3) is 0. The van der Waals surface area contributed by atoms with Crippen molar-refractivity contribution in [3.63, 3.8) is 0 Å². The molecular weight excluding hydrogens is 254 g/mol. The molecule has 0 aliphatic carbocycles. The molecule has 1 aromatic carbocycles. The maximum Gasteiger partial charge on any atom is 0.312 e. The van der Waals surface area contributed by atoms with E-state index in [2.05, 4.69) is 5.43 Å². The number of nitro benzene ring substituents is 1. The van der Waals surface area contributed by atoms with Crippen molar-refractivity contribution in [2.75, 3.05) is 5.43 Å². The van der Waals surface area contributed by atoms with E-state index in [1.807, 2.05) is 0 Å². The molecule has 8 heteroatoms. The molecule has 98 valence electrons. The van der Waals surface area contributed by atoms with Gasteiger partial charge >= 0.3 is 5.69 Å². The number of phenols is 1. The number of rotatable bonds is 4. The minimum atomic E-state index is -0.780.